The second-order valence-corrected chi connectivity index (χ2v) is 14.7. The van der Waals surface area contributed by atoms with Gasteiger partial charge in [0.05, 0.1) is 45.2 Å². The Balaban J connectivity index is 0.964. The number of thiazole rings is 2. The van der Waals surface area contributed by atoms with Gasteiger partial charge in [-0.3, -0.25) is 14.4 Å². The number of carbonyl (C=O) groups is 3. The van der Waals surface area contributed by atoms with Crippen molar-refractivity contribution >= 4 is 95.6 Å². The van der Waals surface area contributed by atoms with E-state index in [1.807, 2.05) is 50.2 Å². The zero-order chi connectivity index (χ0) is 33.5. The third-order valence-corrected chi connectivity index (χ3v) is 11.1. The summed E-state index contributed by atoms with van der Waals surface area (Å²) in [4.78, 5) is 47.4. The third-order valence-electron chi connectivity index (χ3n) is 6.82. The molecule has 6 aromatic rings. The number of rotatable bonds is 14. The van der Waals surface area contributed by atoms with Crippen LogP contribution in [0.5, 0.6) is 11.5 Å². The summed E-state index contributed by atoms with van der Waals surface area (Å²) in [6.45, 7) is 5.08. The lowest BCUT2D eigenvalue weighted by molar-refractivity contribution is -0.114. The van der Waals surface area contributed by atoms with E-state index in [4.69, 9.17) is 9.47 Å². The summed E-state index contributed by atoms with van der Waals surface area (Å²) in [6.07, 6.45) is 0. The van der Waals surface area contributed by atoms with E-state index in [1.54, 1.807) is 48.5 Å². The number of hydrogen-bond acceptors (Lipinski definition) is 11. The average Bonchev–Trinajstić information content (AvgIpc) is 3.70. The molecule has 2 aromatic heterocycles. The summed E-state index contributed by atoms with van der Waals surface area (Å²) in [5, 5.41) is 5.75. The second kappa shape index (κ2) is 15.6. The number of anilines is 2. The number of aromatic nitrogens is 2. The van der Waals surface area contributed by atoms with Crippen LogP contribution in [0.2, 0.25) is 0 Å². The fourth-order valence-electron chi connectivity index (χ4n) is 4.63. The molecule has 2 amide bonds. The maximum absolute atomic E-state index is 13.1. The van der Waals surface area contributed by atoms with Crippen molar-refractivity contribution in [1.29, 1.82) is 0 Å². The second-order valence-electron chi connectivity index (χ2n) is 10.2. The molecule has 6 rings (SSSR count). The van der Waals surface area contributed by atoms with Gasteiger partial charge >= 0.3 is 0 Å². The predicted molar refractivity (Wildman–Crippen MR) is 197 cm³/mol. The summed E-state index contributed by atoms with van der Waals surface area (Å²) in [5.41, 5.74) is 3.92. The van der Waals surface area contributed by atoms with E-state index in [9.17, 15) is 14.4 Å². The summed E-state index contributed by atoms with van der Waals surface area (Å²) in [6, 6.07) is 25.1. The number of thioether (sulfide) groups is 2. The summed E-state index contributed by atoms with van der Waals surface area (Å²) >= 11 is 5.79. The molecule has 0 bridgehead atoms. The fraction of sp³-hybridized carbons (Fsp3) is 0.171. The first-order chi connectivity index (χ1) is 23.4. The van der Waals surface area contributed by atoms with Crippen LogP contribution in [-0.2, 0) is 9.59 Å². The molecule has 0 atom stereocenters. The van der Waals surface area contributed by atoms with Crippen LogP contribution in [0, 0.1) is 0 Å². The number of benzene rings is 4. The average molecular weight is 715 g/mol. The molecule has 0 saturated carbocycles. The number of nitrogens with one attached hydrogen (secondary N) is 2. The number of ether oxygens (including phenoxy) is 2. The zero-order valence-electron chi connectivity index (χ0n) is 26.0. The number of fused-ring (bicyclic) bond motifs is 2. The molecule has 2 N–H and O–H groups in total. The Hall–Kier alpha value is -4.43. The normalized spacial score (nSPS) is 11.0. The van der Waals surface area contributed by atoms with Crippen molar-refractivity contribution in [1.82, 2.24) is 9.97 Å². The highest BCUT2D eigenvalue weighted by atomic mass is 32.2. The van der Waals surface area contributed by atoms with Crippen LogP contribution in [0.1, 0.15) is 29.8 Å². The molecule has 9 nitrogen and oxygen atoms in total. The first-order valence-electron chi connectivity index (χ1n) is 15.0. The molecule has 0 fully saturated rings. The van der Waals surface area contributed by atoms with E-state index in [1.165, 1.54) is 46.2 Å². The summed E-state index contributed by atoms with van der Waals surface area (Å²) < 4.78 is 14.7. The SMILES string of the molecule is CCOc1ccc2nc(SCC(=O)Nc3ccc(C(=O)c4ccc(NC(=O)CSc5nc6ccc(OCC)cc6s5)cc4)cc3)sc2c1. The van der Waals surface area contributed by atoms with Gasteiger partial charge in [0.25, 0.3) is 0 Å². The Labute approximate surface area is 293 Å². The molecular formula is C35H30N4O5S4. The molecule has 0 aliphatic heterocycles. The van der Waals surface area contributed by atoms with Gasteiger partial charge in [0.1, 0.15) is 11.5 Å². The van der Waals surface area contributed by atoms with Crippen molar-refractivity contribution in [2.24, 2.45) is 0 Å². The Kier molecular flexibility index (Phi) is 10.9. The van der Waals surface area contributed by atoms with Crippen molar-refractivity contribution in [2.45, 2.75) is 22.5 Å². The maximum Gasteiger partial charge on any atom is 0.234 e. The van der Waals surface area contributed by atoms with E-state index < -0.39 is 0 Å². The van der Waals surface area contributed by atoms with Gasteiger partial charge in [0.15, 0.2) is 14.5 Å². The Morgan fingerprint density at radius 3 is 1.44 bits per heavy atom. The number of ketones is 1. The first-order valence-corrected chi connectivity index (χ1v) is 18.6. The van der Waals surface area contributed by atoms with Gasteiger partial charge in [-0.1, -0.05) is 23.5 Å². The zero-order valence-corrected chi connectivity index (χ0v) is 29.2. The van der Waals surface area contributed by atoms with Crippen LogP contribution in [-0.4, -0.2) is 52.3 Å². The van der Waals surface area contributed by atoms with Gasteiger partial charge in [-0.05, 0) is 98.8 Å². The van der Waals surface area contributed by atoms with Crippen LogP contribution < -0.4 is 20.1 Å². The molecule has 0 saturated heterocycles. The minimum Gasteiger partial charge on any atom is -0.494 e. The van der Waals surface area contributed by atoms with E-state index in [0.717, 1.165) is 40.6 Å². The van der Waals surface area contributed by atoms with Gasteiger partial charge in [-0.15, -0.1) is 22.7 Å². The molecule has 244 valence electrons. The van der Waals surface area contributed by atoms with Crippen molar-refractivity contribution in [3.8, 4) is 11.5 Å². The maximum atomic E-state index is 13.1. The highest BCUT2D eigenvalue weighted by Crippen LogP contribution is 2.33. The van der Waals surface area contributed by atoms with Crippen LogP contribution >= 0.6 is 46.2 Å². The minimum atomic E-state index is -0.166. The van der Waals surface area contributed by atoms with E-state index >= 15 is 0 Å². The highest BCUT2D eigenvalue weighted by Gasteiger charge is 2.13. The Morgan fingerprint density at radius 2 is 1.04 bits per heavy atom. The van der Waals surface area contributed by atoms with Crippen molar-refractivity contribution in [3.05, 3.63) is 96.1 Å². The highest BCUT2D eigenvalue weighted by molar-refractivity contribution is 8.02. The lowest BCUT2D eigenvalue weighted by Crippen LogP contribution is -2.14. The monoisotopic (exact) mass is 714 g/mol. The van der Waals surface area contributed by atoms with E-state index in [2.05, 4.69) is 20.6 Å². The topological polar surface area (TPSA) is 120 Å². The number of hydrogen-bond donors (Lipinski definition) is 2. The van der Waals surface area contributed by atoms with Crippen LogP contribution in [0.15, 0.2) is 93.6 Å². The van der Waals surface area contributed by atoms with Gasteiger partial charge < -0.3 is 20.1 Å². The molecule has 0 spiro atoms. The third kappa shape index (κ3) is 8.53. The number of amides is 2. The fourth-order valence-corrected chi connectivity index (χ4v) is 8.42. The predicted octanol–water partition coefficient (Wildman–Crippen LogP) is 8.40. The molecule has 2 heterocycles. The summed E-state index contributed by atoms with van der Waals surface area (Å²) in [5.74, 6) is 1.52. The lowest BCUT2D eigenvalue weighted by Gasteiger charge is -2.07. The summed E-state index contributed by atoms with van der Waals surface area (Å²) in [7, 11) is 0. The molecule has 0 radical (unpaired) electrons. The number of carbonyl (C=O) groups excluding carboxylic acids is 3. The molecule has 0 unspecified atom stereocenters. The van der Waals surface area contributed by atoms with Crippen molar-refractivity contribution in [2.75, 3.05) is 35.4 Å². The Bertz CT molecular complexity index is 1930. The molecule has 4 aromatic carbocycles. The Morgan fingerprint density at radius 1 is 0.625 bits per heavy atom. The largest absolute Gasteiger partial charge is 0.494 e. The van der Waals surface area contributed by atoms with Crippen LogP contribution in [0.3, 0.4) is 0 Å². The van der Waals surface area contributed by atoms with Crippen molar-refractivity contribution in [3.63, 3.8) is 0 Å². The van der Waals surface area contributed by atoms with Gasteiger partial charge in [0, 0.05) is 22.5 Å². The van der Waals surface area contributed by atoms with E-state index in [-0.39, 0.29) is 29.1 Å². The molecule has 48 heavy (non-hydrogen) atoms. The minimum absolute atomic E-state index is 0.163. The van der Waals surface area contributed by atoms with E-state index in [0.29, 0.717) is 35.7 Å². The lowest BCUT2D eigenvalue weighted by atomic mass is 10.0. The molecule has 13 heteroatoms. The van der Waals surface area contributed by atoms with Crippen molar-refractivity contribution < 1.29 is 23.9 Å². The standard InChI is InChI=1S/C35H30N4O5S4/c1-3-43-25-13-15-27-29(17-25)47-34(38-27)45-19-31(40)36-23-9-5-21(6-10-23)33(42)22-7-11-24(12-8-22)37-32(41)20-46-35-39-28-16-14-26(44-4-2)18-30(28)48-35/h5-18H,3-4,19-20H2,1-2H3,(H,36,40)(H,37,41). The smallest absolute Gasteiger partial charge is 0.234 e. The van der Waals surface area contributed by atoms with Crippen LogP contribution in [0.4, 0.5) is 11.4 Å². The van der Waals surface area contributed by atoms with Gasteiger partial charge in [-0.25, -0.2) is 9.97 Å². The molecule has 0 aliphatic rings. The molecular weight excluding hydrogens is 685 g/mol. The number of nitrogens with zero attached hydrogens (tertiary/aromatic N) is 2. The van der Waals surface area contributed by atoms with Gasteiger partial charge in [0.2, 0.25) is 11.8 Å². The molecule has 0 aliphatic carbocycles. The quantitative estimate of drug-likeness (QED) is 0.0847. The first kappa shape index (κ1) is 33.5. The van der Waals surface area contributed by atoms with Crippen LogP contribution in [0.25, 0.3) is 20.4 Å². The van der Waals surface area contributed by atoms with Gasteiger partial charge in [-0.2, -0.15) is 0 Å².